The van der Waals surface area contributed by atoms with Crippen LogP contribution in [0.25, 0.3) is 0 Å². The Labute approximate surface area is 137 Å². The summed E-state index contributed by atoms with van der Waals surface area (Å²) in [5.74, 6) is 0.923. The summed E-state index contributed by atoms with van der Waals surface area (Å²) in [6.07, 6.45) is -0.207. The van der Waals surface area contributed by atoms with E-state index in [1.54, 1.807) is 0 Å². The molecule has 1 amide bonds. The maximum Gasteiger partial charge on any atom is 0.410 e. The highest BCUT2D eigenvalue weighted by atomic mass is 16.6. The first kappa shape index (κ1) is 15.8. The average Bonchev–Trinajstić information content (AvgIpc) is 2.98. The van der Waals surface area contributed by atoms with Crippen molar-refractivity contribution in [3.05, 3.63) is 18.2 Å². The van der Waals surface area contributed by atoms with Crippen molar-refractivity contribution in [1.82, 2.24) is 4.90 Å². The smallest absolute Gasteiger partial charge is 0.410 e. The summed E-state index contributed by atoms with van der Waals surface area (Å²) in [6.45, 7) is 8.98. The number of carbonyl (C=O) groups is 1. The van der Waals surface area contributed by atoms with Crippen LogP contribution in [0.1, 0.15) is 20.8 Å². The van der Waals surface area contributed by atoms with Crippen molar-refractivity contribution in [3.8, 4) is 0 Å². The fourth-order valence-corrected chi connectivity index (χ4v) is 3.51. The molecule has 2 atom stereocenters. The number of carbonyl (C=O) groups excluding carboxylic acids is 1. The van der Waals surface area contributed by atoms with Crippen LogP contribution in [0, 0.1) is 11.8 Å². The van der Waals surface area contributed by atoms with Gasteiger partial charge in [-0.3, -0.25) is 0 Å². The van der Waals surface area contributed by atoms with Crippen molar-refractivity contribution in [2.75, 3.05) is 42.5 Å². The zero-order valence-electron chi connectivity index (χ0n) is 14.1. The number of fused-ring (bicyclic) bond motifs is 1. The molecule has 2 heterocycles. The minimum absolute atomic E-state index is 0.207. The number of nitrogens with two attached hydrogens (primary N) is 2. The van der Waals surface area contributed by atoms with E-state index in [0.29, 0.717) is 23.2 Å². The third kappa shape index (κ3) is 3.16. The summed E-state index contributed by atoms with van der Waals surface area (Å²) in [7, 11) is 0. The highest BCUT2D eigenvalue weighted by Crippen LogP contribution is 2.37. The molecule has 23 heavy (non-hydrogen) atoms. The van der Waals surface area contributed by atoms with E-state index in [2.05, 4.69) is 4.90 Å². The van der Waals surface area contributed by atoms with E-state index in [4.69, 9.17) is 16.2 Å². The van der Waals surface area contributed by atoms with Crippen LogP contribution in [-0.2, 0) is 4.74 Å². The first-order chi connectivity index (χ1) is 10.7. The second-order valence-electron chi connectivity index (χ2n) is 7.59. The van der Waals surface area contributed by atoms with Gasteiger partial charge in [0.15, 0.2) is 0 Å². The van der Waals surface area contributed by atoms with Crippen LogP contribution in [0.3, 0.4) is 0 Å². The number of likely N-dealkylation sites (tertiary alicyclic amines) is 1. The fourth-order valence-electron chi connectivity index (χ4n) is 3.51. The van der Waals surface area contributed by atoms with Crippen LogP contribution in [0.4, 0.5) is 21.9 Å². The van der Waals surface area contributed by atoms with Crippen molar-refractivity contribution < 1.29 is 9.53 Å². The van der Waals surface area contributed by atoms with Crippen molar-refractivity contribution >= 4 is 23.2 Å². The summed E-state index contributed by atoms with van der Waals surface area (Å²) in [6, 6.07) is 5.76. The second kappa shape index (κ2) is 5.51. The zero-order valence-corrected chi connectivity index (χ0v) is 14.1. The van der Waals surface area contributed by atoms with Crippen LogP contribution in [0.15, 0.2) is 18.2 Å². The van der Waals surface area contributed by atoms with Gasteiger partial charge in [-0.1, -0.05) is 6.07 Å². The lowest BCUT2D eigenvalue weighted by Crippen LogP contribution is -2.37. The Hall–Kier alpha value is -2.11. The van der Waals surface area contributed by atoms with Gasteiger partial charge in [-0.05, 0) is 32.9 Å². The van der Waals surface area contributed by atoms with Gasteiger partial charge in [0, 0.05) is 38.0 Å². The van der Waals surface area contributed by atoms with E-state index in [1.807, 2.05) is 43.9 Å². The fraction of sp³-hybridized carbons (Fsp3) is 0.588. The Balaban J connectivity index is 1.64. The molecule has 0 spiro atoms. The van der Waals surface area contributed by atoms with Gasteiger partial charge in [-0.15, -0.1) is 0 Å². The van der Waals surface area contributed by atoms with Gasteiger partial charge in [0.05, 0.1) is 17.1 Å². The summed E-state index contributed by atoms with van der Waals surface area (Å²) in [5.41, 5.74) is 13.8. The number of para-hydroxylation sites is 1. The van der Waals surface area contributed by atoms with Gasteiger partial charge in [0.25, 0.3) is 0 Å². The van der Waals surface area contributed by atoms with E-state index in [-0.39, 0.29) is 6.09 Å². The molecule has 0 aliphatic carbocycles. The largest absolute Gasteiger partial charge is 0.444 e. The van der Waals surface area contributed by atoms with Crippen molar-refractivity contribution in [3.63, 3.8) is 0 Å². The Bertz CT molecular complexity index is 597. The highest BCUT2D eigenvalue weighted by Gasteiger charge is 2.43. The van der Waals surface area contributed by atoms with Crippen LogP contribution in [0.5, 0.6) is 0 Å². The molecular weight excluding hydrogens is 292 g/mol. The molecule has 0 bridgehead atoms. The van der Waals surface area contributed by atoms with Crippen molar-refractivity contribution in [1.29, 1.82) is 0 Å². The molecule has 2 aliphatic rings. The van der Waals surface area contributed by atoms with E-state index in [9.17, 15) is 4.79 Å². The molecule has 0 radical (unpaired) electrons. The number of rotatable bonds is 1. The molecule has 6 nitrogen and oxygen atoms in total. The predicted octanol–water partition coefficient (Wildman–Crippen LogP) is 2.15. The maximum atomic E-state index is 12.2. The summed E-state index contributed by atoms with van der Waals surface area (Å²) < 4.78 is 5.47. The number of hydrogen-bond donors (Lipinski definition) is 2. The van der Waals surface area contributed by atoms with Crippen LogP contribution in [0.2, 0.25) is 0 Å². The van der Waals surface area contributed by atoms with Gasteiger partial charge in [-0.2, -0.15) is 0 Å². The first-order valence-corrected chi connectivity index (χ1v) is 8.11. The number of nitrogens with zero attached hydrogens (tertiary/aromatic N) is 2. The van der Waals surface area contributed by atoms with Gasteiger partial charge < -0.3 is 26.0 Å². The molecule has 2 fully saturated rings. The first-order valence-electron chi connectivity index (χ1n) is 8.11. The quantitative estimate of drug-likeness (QED) is 0.775. The molecule has 0 aromatic heterocycles. The number of ether oxygens (including phenoxy) is 1. The van der Waals surface area contributed by atoms with E-state index >= 15 is 0 Å². The zero-order chi connectivity index (χ0) is 16.8. The molecule has 0 saturated carbocycles. The molecule has 1 aromatic carbocycles. The van der Waals surface area contributed by atoms with E-state index < -0.39 is 5.60 Å². The SMILES string of the molecule is CC(C)(C)OC(=O)N1CC2CN(c3cccc(N)c3N)CC2C1. The molecule has 2 saturated heterocycles. The lowest BCUT2D eigenvalue weighted by atomic mass is 10.0. The molecule has 2 unspecified atom stereocenters. The molecule has 3 rings (SSSR count). The Kier molecular flexibility index (Phi) is 3.78. The van der Waals surface area contributed by atoms with Crippen molar-refractivity contribution in [2.45, 2.75) is 26.4 Å². The Morgan fingerprint density at radius 2 is 1.74 bits per heavy atom. The highest BCUT2D eigenvalue weighted by molar-refractivity contribution is 5.79. The van der Waals surface area contributed by atoms with Gasteiger partial charge in [0.1, 0.15) is 5.60 Å². The summed E-state index contributed by atoms with van der Waals surface area (Å²) >= 11 is 0. The predicted molar refractivity (Wildman–Crippen MR) is 92.3 cm³/mol. The van der Waals surface area contributed by atoms with Gasteiger partial charge >= 0.3 is 6.09 Å². The number of anilines is 3. The number of amides is 1. The number of benzene rings is 1. The third-order valence-corrected chi connectivity index (χ3v) is 4.60. The standard InChI is InChI=1S/C17H26N4O2/c1-17(2,3)23-16(22)21-9-11-7-20(8-12(11)10-21)14-6-4-5-13(18)15(14)19/h4-6,11-12H,7-10,18-19H2,1-3H3. The molecule has 4 N–H and O–H groups in total. The second-order valence-corrected chi connectivity index (χ2v) is 7.59. The van der Waals surface area contributed by atoms with Gasteiger partial charge in [0.2, 0.25) is 0 Å². The normalized spacial score (nSPS) is 24.0. The van der Waals surface area contributed by atoms with Crippen LogP contribution < -0.4 is 16.4 Å². The minimum atomic E-state index is -0.448. The van der Waals surface area contributed by atoms with E-state index in [0.717, 1.165) is 31.9 Å². The van der Waals surface area contributed by atoms with Crippen molar-refractivity contribution in [2.24, 2.45) is 11.8 Å². The Morgan fingerprint density at radius 1 is 1.13 bits per heavy atom. The topological polar surface area (TPSA) is 84.8 Å². The number of hydrogen-bond acceptors (Lipinski definition) is 5. The molecule has 126 valence electrons. The monoisotopic (exact) mass is 318 g/mol. The minimum Gasteiger partial charge on any atom is -0.444 e. The lowest BCUT2D eigenvalue weighted by Gasteiger charge is -2.27. The Morgan fingerprint density at radius 3 is 2.30 bits per heavy atom. The van der Waals surface area contributed by atoms with E-state index in [1.165, 1.54) is 0 Å². The third-order valence-electron chi connectivity index (χ3n) is 4.60. The molecule has 1 aromatic rings. The van der Waals surface area contributed by atoms with Crippen LogP contribution in [-0.4, -0.2) is 42.8 Å². The average molecular weight is 318 g/mol. The molecule has 6 heteroatoms. The summed E-state index contributed by atoms with van der Waals surface area (Å²) in [5, 5.41) is 0. The number of nitrogen functional groups attached to an aromatic ring is 2. The maximum absolute atomic E-state index is 12.2. The lowest BCUT2D eigenvalue weighted by molar-refractivity contribution is 0.0282. The summed E-state index contributed by atoms with van der Waals surface area (Å²) in [4.78, 5) is 16.3. The van der Waals surface area contributed by atoms with Crippen LogP contribution >= 0.6 is 0 Å². The molecule has 2 aliphatic heterocycles. The van der Waals surface area contributed by atoms with Gasteiger partial charge in [-0.25, -0.2) is 4.79 Å². The molecular formula is C17H26N4O2.